The van der Waals surface area contributed by atoms with Gasteiger partial charge in [-0.25, -0.2) is 0 Å². The van der Waals surface area contributed by atoms with Crippen molar-refractivity contribution in [3.8, 4) is 0 Å². The SMILES string of the molecule is CCCCC(=O)N[C@@H](Cc1c[nH]c2ccccc12)C(=O)NCc1ccccc1. The second-order valence-electron chi connectivity index (χ2n) is 6.99. The molecule has 0 bridgehead atoms. The molecule has 1 aromatic heterocycles. The lowest BCUT2D eigenvalue weighted by atomic mass is 10.0. The van der Waals surface area contributed by atoms with Crippen molar-refractivity contribution in [1.29, 1.82) is 0 Å². The molecule has 28 heavy (non-hydrogen) atoms. The quantitative estimate of drug-likeness (QED) is 0.532. The summed E-state index contributed by atoms with van der Waals surface area (Å²) in [6, 6.07) is 17.1. The highest BCUT2D eigenvalue weighted by molar-refractivity contribution is 5.89. The number of hydrogen-bond acceptors (Lipinski definition) is 2. The average molecular weight is 377 g/mol. The molecular weight excluding hydrogens is 350 g/mol. The second-order valence-corrected chi connectivity index (χ2v) is 6.99. The van der Waals surface area contributed by atoms with Gasteiger partial charge in [0.15, 0.2) is 0 Å². The molecule has 1 atom stereocenters. The van der Waals surface area contributed by atoms with Gasteiger partial charge in [-0.1, -0.05) is 61.9 Å². The van der Waals surface area contributed by atoms with Crippen molar-refractivity contribution in [1.82, 2.24) is 15.6 Å². The molecule has 0 spiro atoms. The van der Waals surface area contributed by atoms with Crippen molar-refractivity contribution in [2.75, 3.05) is 0 Å². The molecule has 2 amide bonds. The first kappa shape index (κ1) is 19.7. The molecule has 5 heteroatoms. The Hall–Kier alpha value is -3.08. The molecule has 0 saturated heterocycles. The number of H-pyrrole nitrogens is 1. The molecule has 0 radical (unpaired) electrons. The van der Waals surface area contributed by atoms with Crippen LogP contribution in [-0.2, 0) is 22.6 Å². The summed E-state index contributed by atoms with van der Waals surface area (Å²) >= 11 is 0. The molecule has 5 nitrogen and oxygen atoms in total. The van der Waals surface area contributed by atoms with E-state index in [0.717, 1.165) is 34.9 Å². The number of benzene rings is 2. The lowest BCUT2D eigenvalue weighted by Crippen LogP contribution is -2.47. The maximum absolute atomic E-state index is 12.9. The zero-order chi connectivity index (χ0) is 19.8. The number of aromatic nitrogens is 1. The van der Waals surface area contributed by atoms with Crippen LogP contribution in [-0.4, -0.2) is 22.8 Å². The third-order valence-electron chi connectivity index (χ3n) is 4.82. The predicted molar refractivity (Wildman–Crippen MR) is 112 cm³/mol. The number of unbranched alkanes of at least 4 members (excludes halogenated alkanes) is 1. The first-order chi connectivity index (χ1) is 13.7. The summed E-state index contributed by atoms with van der Waals surface area (Å²) in [5, 5.41) is 6.96. The van der Waals surface area contributed by atoms with Crippen LogP contribution in [0.15, 0.2) is 60.8 Å². The van der Waals surface area contributed by atoms with Crippen LogP contribution < -0.4 is 10.6 Å². The second kappa shape index (κ2) is 9.74. The average Bonchev–Trinajstić information content (AvgIpc) is 3.13. The minimum atomic E-state index is -0.604. The zero-order valence-electron chi connectivity index (χ0n) is 16.2. The van der Waals surface area contributed by atoms with Crippen molar-refractivity contribution in [2.24, 2.45) is 0 Å². The van der Waals surface area contributed by atoms with E-state index in [1.165, 1.54) is 0 Å². The van der Waals surface area contributed by atoms with Crippen molar-refractivity contribution >= 4 is 22.7 Å². The van der Waals surface area contributed by atoms with Gasteiger partial charge in [-0.2, -0.15) is 0 Å². The summed E-state index contributed by atoms with van der Waals surface area (Å²) in [6.45, 7) is 2.48. The van der Waals surface area contributed by atoms with E-state index in [2.05, 4.69) is 15.6 Å². The highest BCUT2D eigenvalue weighted by Crippen LogP contribution is 2.19. The van der Waals surface area contributed by atoms with Crippen LogP contribution in [0.5, 0.6) is 0 Å². The van der Waals surface area contributed by atoms with Gasteiger partial charge in [0.25, 0.3) is 0 Å². The number of fused-ring (bicyclic) bond motifs is 1. The van der Waals surface area contributed by atoms with Crippen LogP contribution in [0.25, 0.3) is 10.9 Å². The molecule has 0 aliphatic heterocycles. The highest BCUT2D eigenvalue weighted by Gasteiger charge is 2.22. The summed E-state index contributed by atoms with van der Waals surface area (Å²) in [7, 11) is 0. The van der Waals surface area contributed by atoms with E-state index < -0.39 is 6.04 Å². The topological polar surface area (TPSA) is 74.0 Å². The van der Waals surface area contributed by atoms with E-state index in [9.17, 15) is 9.59 Å². The normalized spacial score (nSPS) is 11.9. The number of carbonyl (C=O) groups excluding carboxylic acids is 2. The minimum absolute atomic E-state index is 0.0819. The van der Waals surface area contributed by atoms with Gasteiger partial charge in [-0.15, -0.1) is 0 Å². The largest absolute Gasteiger partial charge is 0.361 e. The number of hydrogen-bond donors (Lipinski definition) is 3. The molecular formula is C23H27N3O2. The van der Waals surface area contributed by atoms with Gasteiger partial charge >= 0.3 is 0 Å². The third-order valence-corrected chi connectivity index (χ3v) is 4.82. The van der Waals surface area contributed by atoms with Gasteiger partial charge in [0.1, 0.15) is 6.04 Å². The molecule has 1 heterocycles. The molecule has 146 valence electrons. The van der Waals surface area contributed by atoms with E-state index in [1.807, 2.05) is 67.7 Å². The number of carbonyl (C=O) groups is 2. The lowest BCUT2D eigenvalue weighted by Gasteiger charge is -2.18. The van der Waals surface area contributed by atoms with Crippen molar-refractivity contribution in [3.63, 3.8) is 0 Å². The van der Waals surface area contributed by atoms with Gasteiger partial charge in [0, 0.05) is 36.5 Å². The van der Waals surface area contributed by atoms with E-state index in [-0.39, 0.29) is 11.8 Å². The number of aromatic amines is 1. The van der Waals surface area contributed by atoms with Crippen LogP contribution in [0.4, 0.5) is 0 Å². The van der Waals surface area contributed by atoms with Gasteiger partial charge in [-0.3, -0.25) is 9.59 Å². The van der Waals surface area contributed by atoms with Gasteiger partial charge in [0.05, 0.1) is 0 Å². The summed E-state index contributed by atoms with van der Waals surface area (Å²) < 4.78 is 0. The Morgan fingerprint density at radius 1 is 1.04 bits per heavy atom. The van der Waals surface area contributed by atoms with Crippen LogP contribution in [0.2, 0.25) is 0 Å². The first-order valence-electron chi connectivity index (χ1n) is 9.83. The summed E-state index contributed by atoms with van der Waals surface area (Å²) in [5.74, 6) is -0.250. The third kappa shape index (κ3) is 5.22. The molecule has 0 unspecified atom stereocenters. The van der Waals surface area contributed by atoms with E-state index in [0.29, 0.717) is 19.4 Å². The number of amides is 2. The summed E-state index contributed by atoms with van der Waals surface area (Å²) in [4.78, 5) is 28.4. The fraction of sp³-hybridized carbons (Fsp3) is 0.304. The van der Waals surface area contributed by atoms with E-state index >= 15 is 0 Å². The fourth-order valence-corrected chi connectivity index (χ4v) is 3.24. The van der Waals surface area contributed by atoms with Crippen molar-refractivity contribution in [3.05, 3.63) is 71.9 Å². The first-order valence-corrected chi connectivity index (χ1v) is 9.83. The Kier molecular flexibility index (Phi) is 6.84. The van der Waals surface area contributed by atoms with Crippen LogP contribution in [0, 0.1) is 0 Å². The number of rotatable bonds is 9. The molecule has 3 rings (SSSR count). The van der Waals surface area contributed by atoms with Gasteiger partial charge in [-0.05, 0) is 23.6 Å². The van der Waals surface area contributed by atoms with Crippen molar-refractivity contribution in [2.45, 2.75) is 45.2 Å². The zero-order valence-corrected chi connectivity index (χ0v) is 16.2. The molecule has 0 saturated carbocycles. The monoisotopic (exact) mass is 377 g/mol. The van der Waals surface area contributed by atoms with Crippen molar-refractivity contribution < 1.29 is 9.59 Å². The molecule has 3 aromatic rings. The molecule has 0 aliphatic carbocycles. The Morgan fingerprint density at radius 2 is 1.79 bits per heavy atom. The minimum Gasteiger partial charge on any atom is -0.361 e. The lowest BCUT2D eigenvalue weighted by molar-refractivity contribution is -0.129. The standard InChI is InChI=1S/C23H27N3O2/c1-2-3-13-22(27)26-21(23(28)25-15-17-9-5-4-6-10-17)14-18-16-24-20-12-8-7-11-19(18)20/h4-12,16,21,24H,2-3,13-15H2,1H3,(H,25,28)(H,26,27)/t21-/m0/s1. The maximum Gasteiger partial charge on any atom is 0.243 e. The number of para-hydroxylation sites is 1. The fourth-order valence-electron chi connectivity index (χ4n) is 3.24. The Balaban J connectivity index is 1.72. The Morgan fingerprint density at radius 3 is 2.57 bits per heavy atom. The van der Waals surface area contributed by atoms with Gasteiger partial charge < -0.3 is 15.6 Å². The number of nitrogens with one attached hydrogen (secondary N) is 3. The Labute approximate surface area is 165 Å². The van der Waals surface area contributed by atoms with Crippen LogP contribution in [0.3, 0.4) is 0 Å². The van der Waals surface area contributed by atoms with Crippen LogP contribution >= 0.6 is 0 Å². The van der Waals surface area contributed by atoms with Crippen LogP contribution in [0.1, 0.15) is 37.3 Å². The Bertz CT molecular complexity index is 918. The smallest absolute Gasteiger partial charge is 0.243 e. The highest BCUT2D eigenvalue weighted by atomic mass is 16.2. The van der Waals surface area contributed by atoms with E-state index in [1.54, 1.807) is 0 Å². The molecule has 3 N–H and O–H groups in total. The van der Waals surface area contributed by atoms with Gasteiger partial charge in [0.2, 0.25) is 11.8 Å². The summed E-state index contributed by atoms with van der Waals surface area (Å²) in [5.41, 5.74) is 3.07. The summed E-state index contributed by atoms with van der Waals surface area (Å²) in [6.07, 6.45) is 4.56. The van der Waals surface area contributed by atoms with E-state index in [4.69, 9.17) is 0 Å². The maximum atomic E-state index is 12.9. The molecule has 0 fully saturated rings. The molecule has 0 aliphatic rings. The molecule has 2 aromatic carbocycles. The predicted octanol–water partition coefficient (Wildman–Crippen LogP) is 3.70.